The van der Waals surface area contributed by atoms with E-state index >= 15 is 0 Å². The second-order valence-corrected chi connectivity index (χ2v) is 4.41. The fraction of sp³-hybridized carbons (Fsp3) is 0.417. The molecule has 0 amide bonds. The molecule has 0 saturated carbocycles. The van der Waals surface area contributed by atoms with E-state index < -0.39 is 0 Å². The molecule has 5 nitrogen and oxygen atoms in total. The van der Waals surface area contributed by atoms with E-state index in [1.54, 1.807) is 11.0 Å². The van der Waals surface area contributed by atoms with Crippen LogP contribution in [0.3, 0.4) is 0 Å². The zero-order chi connectivity index (χ0) is 12.1. The van der Waals surface area contributed by atoms with Crippen LogP contribution in [-0.2, 0) is 0 Å². The lowest BCUT2D eigenvalue weighted by molar-refractivity contribution is 0.607. The molecule has 1 N–H and O–H groups in total. The normalized spacial score (nSPS) is 10.8. The molecule has 0 bridgehead atoms. The molecule has 1 aromatic carbocycles. The van der Waals surface area contributed by atoms with E-state index in [-0.39, 0.29) is 0 Å². The molecule has 0 aliphatic rings. The smallest absolute Gasteiger partial charge is 0.143 e. The summed E-state index contributed by atoms with van der Waals surface area (Å²) in [6.45, 7) is 5.43. The third-order valence-corrected chi connectivity index (χ3v) is 2.51. The minimum Gasteiger partial charge on any atom is -0.385 e. The monoisotopic (exact) mass is 231 g/mol. The molecule has 1 heterocycles. The van der Waals surface area contributed by atoms with Gasteiger partial charge in [0, 0.05) is 12.2 Å². The molecule has 0 atom stereocenters. The van der Waals surface area contributed by atoms with Crippen molar-refractivity contribution in [2.75, 3.05) is 11.9 Å². The molecular formula is C12H17N5. The van der Waals surface area contributed by atoms with Gasteiger partial charge in [0.15, 0.2) is 0 Å². The van der Waals surface area contributed by atoms with Crippen molar-refractivity contribution < 1.29 is 0 Å². The lowest BCUT2D eigenvalue weighted by Crippen LogP contribution is -2.05. The Balaban J connectivity index is 2.02. The minimum atomic E-state index is 0.713. The molecule has 0 radical (unpaired) electrons. The summed E-state index contributed by atoms with van der Waals surface area (Å²) in [6, 6.07) is 8.06. The van der Waals surface area contributed by atoms with Gasteiger partial charge in [-0.1, -0.05) is 19.9 Å². The van der Waals surface area contributed by atoms with E-state index in [1.165, 1.54) is 0 Å². The van der Waals surface area contributed by atoms with Crippen molar-refractivity contribution >= 4 is 5.69 Å². The molecule has 17 heavy (non-hydrogen) atoms. The number of nitrogens with one attached hydrogen (secondary N) is 1. The fourth-order valence-corrected chi connectivity index (χ4v) is 1.54. The van der Waals surface area contributed by atoms with Gasteiger partial charge in [-0.2, -0.15) is 0 Å². The zero-order valence-electron chi connectivity index (χ0n) is 10.2. The van der Waals surface area contributed by atoms with Crippen LogP contribution in [0.5, 0.6) is 0 Å². The summed E-state index contributed by atoms with van der Waals surface area (Å²) in [7, 11) is 0. The molecule has 2 rings (SSSR count). The summed E-state index contributed by atoms with van der Waals surface area (Å²) in [6.07, 6.45) is 2.75. The predicted molar refractivity (Wildman–Crippen MR) is 67.1 cm³/mol. The van der Waals surface area contributed by atoms with Crippen molar-refractivity contribution in [2.45, 2.75) is 20.3 Å². The number of benzene rings is 1. The topological polar surface area (TPSA) is 55.6 Å². The van der Waals surface area contributed by atoms with E-state index in [2.05, 4.69) is 34.7 Å². The number of rotatable bonds is 5. The summed E-state index contributed by atoms with van der Waals surface area (Å²) >= 11 is 0. The fourth-order valence-electron chi connectivity index (χ4n) is 1.54. The maximum Gasteiger partial charge on any atom is 0.143 e. The largest absolute Gasteiger partial charge is 0.385 e. The number of tetrazole rings is 1. The second-order valence-electron chi connectivity index (χ2n) is 4.41. The van der Waals surface area contributed by atoms with Gasteiger partial charge in [-0.15, -0.1) is 5.10 Å². The number of nitrogens with zero attached hydrogens (tertiary/aromatic N) is 4. The molecule has 5 heteroatoms. The lowest BCUT2D eigenvalue weighted by atomic mass is 10.1. The number of aromatic nitrogens is 4. The van der Waals surface area contributed by atoms with Gasteiger partial charge in [-0.25, -0.2) is 4.68 Å². The molecule has 0 aliphatic carbocycles. The molecule has 0 fully saturated rings. The number of hydrogen-bond acceptors (Lipinski definition) is 4. The van der Waals surface area contributed by atoms with Crippen LogP contribution in [0, 0.1) is 5.92 Å². The van der Waals surface area contributed by atoms with Gasteiger partial charge in [0.2, 0.25) is 0 Å². The van der Waals surface area contributed by atoms with Crippen LogP contribution in [0.25, 0.3) is 5.69 Å². The van der Waals surface area contributed by atoms with Crippen LogP contribution in [0.1, 0.15) is 20.3 Å². The Labute approximate surface area is 101 Å². The van der Waals surface area contributed by atoms with Crippen LogP contribution in [0.15, 0.2) is 30.6 Å². The Hall–Kier alpha value is -1.91. The predicted octanol–water partition coefficient (Wildman–Crippen LogP) is 2.12. The SMILES string of the molecule is CC(C)CCNc1cccc(-n2cnnn2)c1. The van der Waals surface area contributed by atoms with Crippen molar-refractivity contribution in [3.05, 3.63) is 30.6 Å². The highest BCUT2D eigenvalue weighted by molar-refractivity contribution is 5.50. The summed E-state index contributed by atoms with van der Waals surface area (Å²) < 4.78 is 1.65. The van der Waals surface area contributed by atoms with Crippen molar-refractivity contribution in [3.63, 3.8) is 0 Å². The van der Waals surface area contributed by atoms with E-state index in [0.29, 0.717) is 5.92 Å². The maximum atomic E-state index is 3.86. The number of anilines is 1. The van der Waals surface area contributed by atoms with Gasteiger partial charge in [0.1, 0.15) is 6.33 Å². The lowest BCUT2D eigenvalue weighted by Gasteiger charge is -2.09. The van der Waals surface area contributed by atoms with Crippen LogP contribution in [0.2, 0.25) is 0 Å². The van der Waals surface area contributed by atoms with Crippen molar-refractivity contribution in [1.82, 2.24) is 20.2 Å². The van der Waals surface area contributed by atoms with Gasteiger partial charge in [-0.3, -0.25) is 0 Å². The quantitative estimate of drug-likeness (QED) is 0.856. The molecular weight excluding hydrogens is 214 g/mol. The Morgan fingerprint density at radius 2 is 2.24 bits per heavy atom. The minimum absolute atomic E-state index is 0.713. The maximum absolute atomic E-state index is 3.86. The first kappa shape index (κ1) is 11.6. The average molecular weight is 231 g/mol. The van der Waals surface area contributed by atoms with Crippen LogP contribution < -0.4 is 5.32 Å². The Bertz CT molecular complexity index is 450. The second kappa shape index (κ2) is 5.43. The van der Waals surface area contributed by atoms with Gasteiger partial charge in [0.25, 0.3) is 0 Å². The van der Waals surface area contributed by atoms with Crippen LogP contribution in [0.4, 0.5) is 5.69 Å². The van der Waals surface area contributed by atoms with Gasteiger partial charge >= 0.3 is 0 Å². The zero-order valence-corrected chi connectivity index (χ0v) is 10.2. The first-order chi connectivity index (χ1) is 8.25. The number of hydrogen-bond donors (Lipinski definition) is 1. The Kier molecular flexibility index (Phi) is 3.69. The molecule has 0 spiro atoms. The summed E-state index contributed by atoms with van der Waals surface area (Å²) in [5, 5.41) is 14.5. The highest BCUT2D eigenvalue weighted by Gasteiger charge is 1.99. The Morgan fingerprint density at radius 3 is 2.94 bits per heavy atom. The van der Waals surface area contributed by atoms with Gasteiger partial charge in [-0.05, 0) is 41.0 Å². The molecule has 0 saturated heterocycles. The Morgan fingerprint density at radius 1 is 1.35 bits per heavy atom. The van der Waals surface area contributed by atoms with E-state index in [9.17, 15) is 0 Å². The third kappa shape index (κ3) is 3.27. The van der Waals surface area contributed by atoms with Crippen molar-refractivity contribution in [2.24, 2.45) is 5.92 Å². The van der Waals surface area contributed by atoms with E-state index in [4.69, 9.17) is 0 Å². The first-order valence-electron chi connectivity index (χ1n) is 5.83. The average Bonchev–Trinajstić information content (AvgIpc) is 2.82. The van der Waals surface area contributed by atoms with Gasteiger partial charge < -0.3 is 5.32 Å². The van der Waals surface area contributed by atoms with Crippen molar-refractivity contribution in [3.8, 4) is 5.69 Å². The van der Waals surface area contributed by atoms with Crippen LogP contribution >= 0.6 is 0 Å². The highest BCUT2D eigenvalue weighted by Crippen LogP contribution is 2.13. The molecule has 1 aromatic heterocycles. The summed E-state index contributed by atoms with van der Waals surface area (Å²) in [4.78, 5) is 0. The molecule has 90 valence electrons. The molecule has 2 aromatic rings. The van der Waals surface area contributed by atoms with Crippen LogP contribution in [-0.4, -0.2) is 26.8 Å². The molecule has 0 aliphatic heterocycles. The first-order valence-corrected chi connectivity index (χ1v) is 5.83. The van der Waals surface area contributed by atoms with E-state index in [1.807, 2.05) is 24.3 Å². The third-order valence-electron chi connectivity index (χ3n) is 2.51. The summed E-state index contributed by atoms with van der Waals surface area (Å²) in [5.74, 6) is 0.713. The van der Waals surface area contributed by atoms with Gasteiger partial charge in [0.05, 0.1) is 5.69 Å². The van der Waals surface area contributed by atoms with E-state index in [0.717, 1.165) is 24.3 Å². The summed E-state index contributed by atoms with van der Waals surface area (Å²) in [5.41, 5.74) is 2.06. The standard InChI is InChI=1S/C12H17N5/c1-10(2)6-7-13-11-4-3-5-12(8-11)17-9-14-15-16-17/h3-5,8-10,13H,6-7H2,1-2H3. The molecule has 0 unspecified atom stereocenters. The van der Waals surface area contributed by atoms with Crippen molar-refractivity contribution in [1.29, 1.82) is 0 Å². The highest BCUT2D eigenvalue weighted by atomic mass is 15.5.